The highest BCUT2D eigenvalue weighted by Crippen LogP contribution is 2.11. The molecule has 0 amide bonds. The summed E-state index contributed by atoms with van der Waals surface area (Å²) in [4.78, 5) is 13.6. The molecule has 3 heteroatoms. The topological polar surface area (TPSA) is 29.4 Å². The standard InChI is InChI=1S/C11H13NOSi/c1-4-14(2,3)11-7-5-10(6-8-11)12-9-13/h4-8H,1H2,2-3H3. The van der Waals surface area contributed by atoms with Crippen molar-refractivity contribution in [2.24, 2.45) is 4.99 Å². The smallest absolute Gasteiger partial charge is 0.211 e. The summed E-state index contributed by atoms with van der Waals surface area (Å²) < 4.78 is 0. The van der Waals surface area contributed by atoms with Crippen LogP contribution in [0.3, 0.4) is 0 Å². The third-order valence-corrected chi connectivity index (χ3v) is 5.14. The van der Waals surface area contributed by atoms with Crippen molar-refractivity contribution in [1.29, 1.82) is 0 Å². The van der Waals surface area contributed by atoms with Crippen LogP contribution in [0.15, 0.2) is 41.5 Å². The Hall–Kier alpha value is -1.44. The zero-order chi connectivity index (χ0) is 10.6. The summed E-state index contributed by atoms with van der Waals surface area (Å²) in [5.74, 6) is 0. The Morgan fingerprint density at radius 1 is 1.36 bits per heavy atom. The number of rotatable bonds is 3. The first-order valence-corrected chi connectivity index (χ1v) is 7.50. The van der Waals surface area contributed by atoms with Crippen LogP contribution in [0.2, 0.25) is 13.1 Å². The molecule has 0 radical (unpaired) electrons. The van der Waals surface area contributed by atoms with E-state index in [1.54, 1.807) is 0 Å². The summed E-state index contributed by atoms with van der Waals surface area (Å²) >= 11 is 0. The lowest BCUT2D eigenvalue weighted by molar-refractivity contribution is 0.565. The van der Waals surface area contributed by atoms with E-state index in [9.17, 15) is 4.79 Å². The van der Waals surface area contributed by atoms with Gasteiger partial charge in [-0.1, -0.05) is 36.1 Å². The summed E-state index contributed by atoms with van der Waals surface area (Å²) in [5.41, 5.74) is 2.68. The lowest BCUT2D eigenvalue weighted by atomic mass is 10.3. The first kappa shape index (κ1) is 10.6. The fourth-order valence-electron chi connectivity index (χ4n) is 1.14. The monoisotopic (exact) mass is 203 g/mol. The Morgan fingerprint density at radius 3 is 2.36 bits per heavy atom. The molecule has 2 nitrogen and oxygen atoms in total. The molecule has 0 atom stereocenters. The molecule has 0 bridgehead atoms. The summed E-state index contributed by atoms with van der Waals surface area (Å²) in [7, 11) is -1.48. The number of isocyanates is 1. The number of hydrogen-bond acceptors (Lipinski definition) is 2. The van der Waals surface area contributed by atoms with E-state index in [1.807, 2.05) is 30.0 Å². The van der Waals surface area contributed by atoms with Gasteiger partial charge in [-0.15, -0.1) is 6.58 Å². The number of nitrogens with zero attached hydrogens (tertiary/aromatic N) is 1. The van der Waals surface area contributed by atoms with Gasteiger partial charge in [0.1, 0.15) is 8.07 Å². The maximum absolute atomic E-state index is 10.0. The van der Waals surface area contributed by atoms with Gasteiger partial charge >= 0.3 is 0 Å². The van der Waals surface area contributed by atoms with Crippen molar-refractivity contribution in [3.8, 4) is 0 Å². The van der Waals surface area contributed by atoms with Gasteiger partial charge in [-0.3, -0.25) is 0 Å². The minimum absolute atomic E-state index is 0.651. The number of hydrogen-bond donors (Lipinski definition) is 0. The van der Waals surface area contributed by atoms with Crippen LogP contribution >= 0.6 is 0 Å². The average molecular weight is 203 g/mol. The summed E-state index contributed by atoms with van der Waals surface area (Å²) in [6, 6.07) is 7.67. The molecule has 1 aromatic carbocycles. The second-order valence-electron chi connectivity index (χ2n) is 3.68. The third-order valence-electron chi connectivity index (χ3n) is 2.30. The Bertz CT molecular complexity index is 375. The fourth-order valence-corrected chi connectivity index (χ4v) is 2.40. The van der Waals surface area contributed by atoms with E-state index in [4.69, 9.17) is 0 Å². The van der Waals surface area contributed by atoms with Crippen molar-refractivity contribution in [2.75, 3.05) is 0 Å². The molecule has 1 aromatic rings. The number of aliphatic imine (C=N–C) groups is 1. The van der Waals surface area contributed by atoms with Crippen LogP contribution in [-0.4, -0.2) is 14.2 Å². The van der Waals surface area contributed by atoms with Gasteiger partial charge in [-0.05, 0) is 12.1 Å². The molecular weight excluding hydrogens is 190 g/mol. The molecule has 14 heavy (non-hydrogen) atoms. The van der Waals surface area contributed by atoms with E-state index in [1.165, 1.54) is 11.3 Å². The van der Waals surface area contributed by atoms with E-state index in [2.05, 4.69) is 24.7 Å². The van der Waals surface area contributed by atoms with Crippen LogP contribution < -0.4 is 5.19 Å². The van der Waals surface area contributed by atoms with E-state index in [0.29, 0.717) is 5.69 Å². The highest BCUT2D eigenvalue weighted by molar-refractivity contribution is 6.93. The SMILES string of the molecule is C=C[Si](C)(C)c1ccc(N=C=O)cc1. The molecule has 0 N–H and O–H groups in total. The van der Waals surface area contributed by atoms with Crippen molar-refractivity contribution >= 4 is 25.0 Å². The quantitative estimate of drug-likeness (QED) is 0.421. The fraction of sp³-hybridized carbons (Fsp3) is 0.182. The number of benzene rings is 1. The van der Waals surface area contributed by atoms with Crippen molar-refractivity contribution < 1.29 is 4.79 Å². The molecule has 72 valence electrons. The molecular formula is C11H13NOSi. The minimum atomic E-state index is -1.48. The van der Waals surface area contributed by atoms with Crippen molar-refractivity contribution in [3.63, 3.8) is 0 Å². The van der Waals surface area contributed by atoms with Crippen LogP contribution in [0.1, 0.15) is 0 Å². The Morgan fingerprint density at radius 2 is 1.93 bits per heavy atom. The summed E-state index contributed by atoms with van der Waals surface area (Å²) in [5, 5.41) is 1.29. The summed E-state index contributed by atoms with van der Waals surface area (Å²) in [6.45, 7) is 8.28. The molecule has 0 aliphatic carbocycles. The van der Waals surface area contributed by atoms with E-state index in [0.717, 1.165) is 0 Å². The molecule has 0 aliphatic rings. The second-order valence-corrected chi connectivity index (χ2v) is 8.10. The van der Waals surface area contributed by atoms with Gasteiger partial charge in [-0.2, -0.15) is 4.99 Å². The first-order chi connectivity index (χ1) is 6.60. The lowest BCUT2D eigenvalue weighted by Gasteiger charge is -2.17. The average Bonchev–Trinajstić information content (AvgIpc) is 2.19. The van der Waals surface area contributed by atoms with Gasteiger partial charge < -0.3 is 0 Å². The summed E-state index contributed by atoms with van der Waals surface area (Å²) in [6.07, 6.45) is 1.52. The zero-order valence-electron chi connectivity index (χ0n) is 8.45. The molecule has 1 rings (SSSR count). The Labute approximate surface area is 85.0 Å². The third kappa shape index (κ3) is 2.28. The molecule has 0 aliphatic heterocycles. The van der Waals surface area contributed by atoms with E-state index in [-0.39, 0.29) is 0 Å². The zero-order valence-corrected chi connectivity index (χ0v) is 9.45. The highest BCUT2D eigenvalue weighted by Gasteiger charge is 2.18. The molecule has 0 spiro atoms. The maximum atomic E-state index is 10.0. The minimum Gasteiger partial charge on any atom is -0.211 e. The lowest BCUT2D eigenvalue weighted by Crippen LogP contribution is -2.38. The molecule has 0 saturated heterocycles. The Kier molecular flexibility index (Phi) is 3.17. The molecule has 0 fully saturated rings. The van der Waals surface area contributed by atoms with Gasteiger partial charge in [0, 0.05) is 0 Å². The van der Waals surface area contributed by atoms with Crippen LogP contribution in [0, 0.1) is 0 Å². The molecule has 0 unspecified atom stereocenters. The van der Waals surface area contributed by atoms with Gasteiger partial charge in [-0.25, -0.2) is 4.79 Å². The normalized spacial score (nSPS) is 10.4. The second kappa shape index (κ2) is 4.18. The molecule has 0 aromatic heterocycles. The van der Waals surface area contributed by atoms with Gasteiger partial charge in [0.05, 0.1) is 5.69 Å². The maximum Gasteiger partial charge on any atom is 0.240 e. The molecule has 0 heterocycles. The largest absolute Gasteiger partial charge is 0.240 e. The molecule has 0 saturated carbocycles. The predicted octanol–water partition coefficient (Wildman–Crippen LogP) is 2.29. The van der Waals surface area contributed by atoms with Crippen LogP contribution in [0.25, 0.3) is 0 Å². The first-order valence-electron chi connectivity index (χ1n) is 4.42. The Balaban J connectivity index is 3.05. The van der Waals surface area contributed by atoms with Gasteiger partial charge in [0.2, 0.25) is 6.08 Å². The van der Waals surface area contributed by atoms with Crippen LogP contribution in [0.4, 0.5) is 5.69 Å². The van der Waals surface area contributed by atoms with Crippen molar-refractivity contribution in [1.82, 2.24) is 0 Å². The van der Waals surface area contributed by atoms with Crippen LogP contribution in [0.5, 0.6) is 0 Å². The van der Waals surface area contributed by atoms with E-state index >= 15 is 0 Å². The van der Waals surface area contributed by atoms with Crippen molar-refractivity contribution in [2.45, 2.75) is 13.1 Å². The van der Waals surface area contributed by atoms with E-state index < -0.39 is 8.07 Å². The van der Waals surface area contributed by atoms with Crippen LogP contribution in [-0.2, 0) is 4.79 Å². The van der Waals surface area contributed by atoms with Gasteiger partial charge in [0.15, 0.2) is 0 Å². The van der Waals surface area contributed by atoms with Crippen molar-refractivity contribution in [3.05, 3.63) is 36.5 Å². The predicted molar refractivity (Wildman–Crippen MR) is 61.5 cm³/mol. The highest BCUT2D eigenvalue weighted by atomic mass is 28.3. The van der Waals surface area contributed by atoms with Gasteiger partial charge in [0.25, 0.3) is 0 Å². The number of carbonyl (C=O) groups excluding carboxylic acids is 1.